The van der Waals surface area contributed by atoms with Gasteiger partial charge in [0.2, 0.25) is 10.0 Å². The van der Waals surface area contributed by atoms with Crippen molar-refractivity contribution in [1.29, 1.82) is 0 Å². The lowest BCUT2D eigenvalue weighted by Crippen LogP contribution is -2.32. The van der Waals surface area contributed by atoms with Crippen LogP contribution in [0.1, 0.15) is 65.4 Å². The number of amides is 1. The van der Waals surface area contributed by atoms with E-state index in [1.165, 1.54) is 24.2 Å². The lowest BCUT2D eigenvalue weighted by Gasteiger charge is -2.20. The summed E-state index contributed by atoms with van der Waals surface area (Å²) < 4.78 is 32.4. The number of Topliss-reactive ketones (excluding diaryl/α,β-unsaturated/α-hetero) is 1. The van der Waals surface area contributed by atoms with Crippen LogP contribution in [0.25, 0.3) is 0 Å². The van der Waals surface area contributed by atoms with Crippen LogP contribution in [0.4, 0.5) is 5.69 Å². The second-order valence-electron chi connectivity index (χ2n) is 7.79. The summed E-state index contributed by atoms with van der Waals surface area (Å²) >= 11 is 0. The van der Waals surface area contributed by atoms with Crippen molar-refractivity contribution in [3.63, 3.8) is 0 Å². The van der Waals surface area contributed by atoms with E-state index < -0.39 is 28.0 Å². The molecule has 2 rings (SSSR count). The molecule has 10 heteroatoms. The zero-order valence-corrected chi connectivity index (χ0v) is 20.8. The Balaban J connectivity index is 2.20. The zero-order valence-electron chi connectivity index (χ0n) is 20.0. The normalized spacial score (nSPS) is 12.5. The molecule has 0 bridgehead atoms. The lowest BCUT2D eigenvalue weighted by atomic mass is 10.1. The van der Waals surface area contributed by atoms with Crippen molar-refractivity contribution in [3.8, 4) is 0 Å². The molecule has 0 spiro atoms. The fourth-order valence-electron chi connectivity index (χ4n) is 3.66. The maximum atomic E-state index is 12.9. The molecular weight excluding hydrogens is 446 g/mol. The van der Waals surface area contributed by atoms with Crippen molar-refractivity contribution in [2.24, 2.45) is 0 Å². The highest BCUT2D eigenvalue weighted by Crippen LogP contribution is 2.24. The maximum Gasteiger partial charge on any atom is 0.355 e. The summed E-state index contributed by atoms with van der Waals surface area (Å²) in [6.07, 6.45) is -1.16. The van der Waals surface area contributed by atoms with Gasteiger partial charge >= 0.3 is 5.97 Å². The number of esters is 1. The Hall–Kier alpha value is -2.98. The van der Waals surface area contributed by atoms with Gasteiger partial charge in [0, 0.05) is 30.0 Å². The molecular formula is C23H31N3O6S. The van der Waals surface area contributed by atoms with Gasteiger partial charge in [0.1, 0.15) is 5.69 Å². The highest BCUT2D eigenvalue weighted by molar-refractivity contribution is 7.89. The number of nitrogens with one attached hydrogen (secondary N) is 2. The molecule has 2 aromatic rings. The SMILES string of the molecule is CCN(CC)S(=O)(=O)c1cc(NC(=O)[C@H](C)OC(=O)c2[nH]c(C)c(C(C)=O)c2C)ccc1C. The Labute approximate surface area is 194 Å². The molecule has 33 heavy (non-hydrogen) atoms. The van der Waals surface area contributed by atoms with E-state index in [1.54, 1.807) is 46.8 Å². The molecule has 1 atom stereocenters. The van der Waals surface area contributed by atoms with Crippen molar-refractivity contribution in [2.75, 3.05) is 18.4 Å². The number of rotatable bonds is 9. The number of hydrogen-bond acceptors (Lipinski definition) is 6. The van der Waals surface area contributed by atoms with Gasteiger partial charge in [0.15, 0.2) is 11.9 Å². The average molecular weight is 478 g/mol. The first-order chi connectivity index (χ1) is 15.3. The van der Waals surface area contributed by atoms with E-state index in [1.807, 2.05) is 0 Å². The van der Waals surface area contributed by atoms with Crippen molar-refractivity contribution in [2.45, 2.75) is 59.5 Å². The second kappa shape index (κ2) is 10.3. The van der Waals surface area contributed by atoms with E-state index in [-0.39, 0.29) is 22.1 Å². The lowest BCUT2D eigenvalue weighted by molar-refractivity contribution is -0.123. The summed E-state index contributed by atoms with van der Waals surface area (Å²) in [6, 6.07) is 4.59. The molecule has 1 aromatic heterocycles. The molecule has 1 heterocycles. The summed E-state index contributed by atoms with van der Waals surface area (Å²) in [6.45, 7) is 12.0. The highest BCUT2D eigenvalue weighted by atomic mass is 32.2. The van der Waals surface area contributed by atoms with Crippen LogP contribution >= 0.6 is 0 Å². The van der Waals surface area contributed by atoms with Crippen LogP contribution in [0.2, 0.25) is 0 Å². The Morgan fingerprint density at radius 1 is 1.12 bits per heavy atom. The van der Waals surface area contributed by atoms with E-state index in [0.717, 1.165) is 0 Å². The minimum atomic E-state index is -3.71. The number of aromatic amines is 1. The predicted octanol–water partition coefficient (Wildman–Crippen LogP) is 3.36. The number of carbonyl (C=O) groups is 3. The number of carbonyl (C=O) groups excluding carboxylic acids is 3. The largest absolute Gasteiger partial charge is 0.448 e. The monoisotopic (exact) mass is 477 g/mol. The first-order valence-electron chi connectivity index (χ1n) is 10.7. The first-order valence-corrected chi connectivity index (χ1v) is 12.1. The molecule has 1 amide bonds. The van der Waals surface area contributed by atoms with Crippen LogP contribution in [0.5, 0.6) is 0 Å². The van der Waals surface area contributed by atoms with Gasteiger partial charge < -0.3 is 15.0 Å². The fourth-order valence-corrected chi connectivity index (χ4v) is 5.37. The van der Waals surface area contributed by atoms with Crippen LogP contribution in [0, 0.1) is 20.8 Å². The van der Waals surface area contributed by atoms with Crippen LogP contribution < -0.4 is 5.32 Å². The molecule has 0 aliphatic rings. The number of aromatic nitrogens is 1. The summed E-state index contributed by atoms with van der Waals surface area (Å²) in [4.78, 5) is 39.9. The summed E-state index contributed by atoms with van der Waals surface area (Å²) in [5, 5.41) is 2.60. The Kier molecular flexibility index (Phi) is 8.20. The minimum absolute atomic E-state index is 0.0999. The van der Waals surface area contributed by atoms with E-state index in [9.17, 15) is 22.8 Å². The van der Waals surface area contributed by atoms with E-state index in [2.05, 4.69) is 10.3 Å². The van der Waals surface area contributed by atoms with Gasteiger partial charge in [-0.05, 0) is 57.9 Å². The number of sulfonamides is 1. The van der Waals surface area contributed by atoms with Crippen LogP contribution in [-0.2, 0) is 19.6 Å². The molecule has 2 N–H and O–H groups in total. The van der Waals surface area contributed by atoms with E-state index in [4.69, 9.17) is 4.74 Å². The quantitative estimate of drug-likeness (QED) is 0.421. The number of aryl methyl sites for hydroxylation is 2. The first kappa shape index (κ1) is 26.3. The van der Waals surface area contributed by atoms with Gasteiger partial charge in [-0.15, -0.1) is 0 Å². The number of H-pyrrole nitrogens is 1. The molecule has 0 aliphatic heterocycles. The third-order valence-electron chi connectivity index (χ3n) is 5.43. The molecule has 0 saturated carbocycles. The topological polar surface area (TPSA) is 126 Å². The Bertz CT molecular complexity index is 1180. The Morgan fingerprint density at radius 3 is 2.24 bits per heavy atom. The van der Waals surface area contributed by atoms with Gasteiger partial charge in [0.25, 0.3) is 5.91 Å². The number of ketones is 1. The van der Waals surface area contributed by atoms with Crippen LogP contribution in [-0.4, -0.2) is 54.6 Å². The third-order valence-corrected chi connectivity index (χ3v) is 7.62. The molecule has 0 saturated heterocycles. The van der Waals surface area contributed by atoms with Gasteiger partial charge in [-0.3, -0.25) is 9.59 Å². The number of nitrogens with zero attached hydrogens (tertiary/aromatic N) is 1. The molecule has 180 valence electrons. The minimum Gasteiger partial charge on any atom is -0.448 e. The number of ether oxygens (including phenoxy) is 1. The fraction of sp³-hybridized carbons (Fsp3) is 0.435. The zero-order chi connectivity index (χ0) is 25.1. The number of anilines is 1. The van der Waals surface area contributed by atoms with Gasteiger partial charge in [-0.1, -0.05) is 19.9 Å². The molecule has 0 aliphatic carbocycles. The maximum absolute atomic E-state index is 12.9. The van der Waals surface area contributed by atoms with Crippen LogP contribution in [0.15, 0.2) is 23.1 Å². The van der Waals surface area contributed by atoms with Gasteiger partial charge in [-0.25, -0.2) is 13.2 Å². The summed E-state index contributed by atoms with van der Waals surface area (Å²) in [5.74, 6) is -1.56. The van der Waals surface area contributed by atoms with Gasteiger partial charge in [-0.2, -0.15) is 4.31 Å². The second-order valence-corrected chi connectivity index (χ2v) is 9.69. The van der Waals surface area contributed by atoms with Crippen LogP contribution in [0.3, 0.4) is 0 Å². The van der Waals surface area contributed by atoms with E-state index >= 15 is 0 Å². The summed E-state index contributed by atoms with van der Waals surface area (Å²) in [7, 11) is -3.71. The van der Waals surface area contributed by atoms with Crippen molar-refractivity contribution in [3.05, 3.63) is 46.3 Å². The molecule has 1 aromatic carbocycles. The highest BCUT2D eigenvalue weighted by Gasteiger charge is 2.26. The van der Waals surface area contributed by atoms with E-state index in [0.29, 0.717) is 35.5 Å². The molecule has 0 radical (unpaired) electrons. The number of hydrogen-bond donors (Lipinski definition) is 2. The van der Waals surface area contributed by atoms with Crippen molar-refractivity contribution < 1.29 is 27.5 Å². The summed E-state index contributed by atoms with van der Waals surface area (Å²) in [5.41, 5.74) is 2.36. The predicted molar refractivity (Wildman–Crippen MR) is 125 cm³/mol. The van der Waals surface area contributed by atoms with Gasteiger partial charge in [0.05, 0.1) is 4.90 Å². The molecule has 0 unspecified atom stereocenters. The average Bonchev–Trinajstić information content (AvgIpc) is 3.04. The number of benzene rings is 1. The van der Waals surface area contributed by atoms with Crippen molar-refractivity contribution >= 4 is 33.4 Å². The third kappa shape index (κ3) is 5.51. The molecule has 9 nitrogen and oxygen atoms in total. The standard InChI is InChI=1S/C23H31N3O6S/c1-8-26(9-2)33(30,31)19-12-18(11-10-13(19)3)25-22(28)17(7)32-23(29)21-14(4)20(16(6)27)15(5)24-21/h10-12,17,24H,8-9H2,1-7H3,(H,25,28)/t17-/m0/s1. The Morgan fingerprint density at radius 2 is 1.73 bits per heavy atom. The molecule has 0 fully saturated rings. The smallest absolute Gasteiger partial charge is 0.355 e. The van der Waals surface area contributed by atoms with Crippen molar-refractivity contribution in [1.82, 2.24) is 9.29 Å².